The molecule has 0 radical (unpaired) electrons. The van der Waals surface area contributed by atoms with Gasteiger partial charge in [0.1, 0.15) is 11.4 Å². The molecular weight excluding hydrogens is 405 g/mol. The second-order valence-electron chi connectivity index (χ2n) is 5.41. The first-order valence-corrected chi connectivity index (χ1v) is 8.38. The molecule has 0 saturated carbocycles. The van der Waals surface area contributed by atoms with Gasteiger partial charge in [0.05, 0.1) is 5.52 Å². The van der Waals surface area contributed by atoms with Crippen molar-refractivity contribution in [3.05, 3.63) is 70.3 Å². The summed E-state index contributed by atoms with van der Waals surface area (Å²) in [5.74, 6) is 5.52. The number of fused-ring (bicyclic) bond motifs is 1. The molecule has 1 unspecified atom stereocenters. The summed E-state index contributed by atoms with van der Waals surface area (Å²) in [4.78, 5) is 15.4. The van der Waals surface area contributed by atoms with Crippen molar-refractivity contribution >= 4 is 62.4 Å². The van der Waals surface area contributed by atoms with E-state index in [9.17, 15) is 4.79 Å². The number of aliphatic carboxylic acids is 1. The summed E-state index contributed by atoms with van der Waals surface area (Å²) in [6, 6.07) is 16.8. The second kappa shape index (κ2) is 9.20. The Bertz CT molecular complexity index is 1010. The number of carboxylic acid groups (broad SMARTS) is 1. The summed E-state index contributed by atoms with van der Waals surface area (Å²) in [5.41, 5.74) is 2.26. The van der Waals surface area contributed by atoms with Crippen LogP contribution in [-0.4, -0.2) is 51.7 Å². The molecule has 26 heavy (non-hydrogen) atoms. The number of pyridine rings is 1. The predicted octanol–water partition coefficient (Wildman–Crippen LogP) is 3.60. The number of ether oxygens (including phenoxy) is 1. The van der Waals surface area contributed by atoms with Gasteiger partial charge in [-0.1, -0.05) is 40.0 Å². The maximum absolute atomic E-state index is 10.9. The van der Waals surface area contributed by atoms with E-state index in [4.69, 9.17) is 9.84 Å². The van der Waals surface area contributed by atoms with Gasteiger partial charge >= 0.3 is 35.5 Å². The molecule has 3 aromatic rings. The quantitative estimate of drug-likeness (QED) is 0.520. The minimum absolute atomic E-state index is 0. The monoisotopic (exact) mass is 419 g/mol. The van der Waals surface area contributed by atoms with E-state index in [1.54, 1.807) is 18.2 Å². The molecule has 126 valence electrons. The van der Waals surface area contributed by atoms with Gasteiger partial charge in [0.2, 0.25) is 0 Å². The van der Waals surface area contributed by atoms with Gasteiger partial charge in [-0.3, -0.25) is 0 Å². The number of halogens is 1. The second-order valence-corrected chi connectivity index (χ2v) is 6.33. The zero-order chi connectivity index (χ0) is 17.8. The first kappa shape index (κ1) is 20.5. The molecule has 0 fully saturated rings. The first-order valence-electron chi connectivity index (χ1n) is 7.59. The number of hydrogen-bond acceptors (Lipinski definition) is 3. The van der Waals surface area contributed by atoms with Crippen LogP contribution in [0.3, 0.4) is 0 Å². The minimum atomic E-state index is -1.01. The van der Waals surface area contributed by atoms with Gasteiger partial charge in [-0.25, -0.2) is 9.78 Å². The van der Waals surface area contributed by atoms with Crippen molar-refractivity contribution in [1.82, 2.24) is 4.98 Å². The van der Waals surface area contributed by atoms with Crippen molar-refractivity contribution in [3.8, 4) is 17.6 Å². The van der Waals surface area contributed by atoms with E-state index in [1.807, 2.05) is 36.4 Å². The Morgan fingerprint density at radius 2 is 1.92 bits per heavy atom. The fraction of sp³-hybridized carbons (Fsp3) is 0.100. The van der Waals surface area contributed by atoms with Crippen LogP contribution in [0.5, 0.6) is 5.75 Å². The van der Waals surface area contributed by atoms with Crippen LogP contribution in [0.25, 0.3) is 10.9 Å². The average molecular weight is 420 g/mol. The fourth-order valence-electron chi connectivity index (χ4n) is 2.20. The molecule has 0 bridgehead atoms. The number of carbonyl (C=O) groups is 1. The van der Waals surface area contributed by atoms with Crippen molar-refractivity contribution in [2.75, 3.05) is 0 Å². The molecule has 0 aliphatic carbocycles. The molecule has 1 N–H and O–H groups in total. The van der Waals surface area contributed by atoms with Crippen LogP contribution in [0.2, 0.25) is 0 Å². The Hall–Kier alpha value is -1.84. The Morgan fingerprint density at radius 1 is 1.15 bits per heavy atom. The molecule has 0 aliphatic rings. The summed E-state index contributed by atoms with van der Waals surface area (Å²) in [6.45, 7) is 1.48. The van der Waals surface area contributed by atoms with E-state index in [-0.39, 0.29) is 29.6 Å². The molecule has 1 atom stereocenters. The number of rotatable bonds is 3. The van der Waals surface area contributed by atoms with Crippen LogP contribution < -0.4 is 4.74 Å². The third-order valence-electron chi connectivity index (χ3n) is 3.48. The summed E-state index contributed by atoms with van der Waals surface area (Å²) in [6.07, 6.45) is -0.913. The molecule has 0 aliphatic heterocycles. The maximum atomic E-state index is 10.9. The van der Waals surface area contributed by atoms with Crippen molar-refractivity contribution < 1.29 is 14.6 Å². The summed E-state index contributed by atoms with van der Waals surface area (Å²) >= 11 is 3.44. The van der Waals surface area contributed by atoms with Gasteiger partial charge in [0.25, 0.3) is 0 Å². The van der Waals surface area contributed by atoms with E-state index >= 15 is 0 Å². The van der Waals surface area contributed by atoms with E-state index in [1.165, 1.54) is 6.92 Å². The van der Waals surface area contributed by atoms with Crippen LogP contribution in [0, 0.1) is 11.8 Å². The van der Waals surface area contributed by atoms with Gasteiger partial charge in [0.15, 0.2) is 6.10 Å². The molecule has 6 heteroatoms. The van der Waals surface area contributed by atoms with Crippen molar-refractivity contribution in [2.45, 2.75) is 13.0 Å². The standard InChI is InChI=1S/C20H14BrNO3.Na.H/c1-13(20(23)24)25-18-4-2-3-14(11-18)5-9-17-10-7-15-6-8-16(21)12-19(15)22-17;;/h2-4,6-8,10-13H,1H3,(H,23,24);;. The van der Waals surface area contributed by atoms with Crippen LogP contribution in [-0.2, 0) is 4.79 Å². The molecular formula is C20H15BrNNaO3. The van der Waals surface area contributed by atoms with Crippen LogP contribution >= 0.6 is 15.9 Å². The summed E-state index contributed by atoms with van der Waals surface area (Å²) in [5, 5.41) is 9.95. The molecule has 0 spiro atoms. The number of aromatic nitrogens is 1. The molecule has 1 heterocycles. The van der Waals surface area contributed by atoms with Gasteiger partial charge < -0.3 is 9.84 Å². The zero-order valence-electron chi connectivity index (χ0n) is 13.4. The Balaban J connectivity index is 0.00000243. The van der Waals surface area contributed by atoms with E-state index in [0.717, 1.165) is 20.9 Å². The Morgan fingerprint density at radius 3 is 2.69 bits per heavy atom. The average Bonchev–Trinajstić information content (AvgIpc) is 2.59. The molecule has 3 rings (SSSR count). The van der Waals surface area contributed by atoms with Gasteiger partial charge in [0, 0.05) is 15.4 Å². The van der Waals surface area contributed by atoms with E-state index in [2.05, 4.69) is 32.8 Å². The number of benzene rings is 2. The third-order valence-corrected chi connectivity index (χ3v) is 3.98. The van der Waals surface area contributed by atoms with Crippen LogP contribution in [0.15, 0.2) is 59.1 Å². The molecule has 0 saturated heterocycles. The van der Waals surface area contributed by atoms with Crippen molar-refractivity contribution in [3.63, 3.8) is 0 Å². The molecule has 4 nitrogen and oxygen atoms in total. The van der Waals surface area contributed by atoms with Crippen LogP contribution in [0.1, 0.15) is 18.2 Å². The van der Waals surface area contributed by atoms with Gasteiger partial charge in [-0.2, -0.15) is 0 Å². The van der Waals surface area contributed by atoms with Gasteiger partial charge in [-0.15, -0.1) is 0 Å². The topological polar surface area (TPSA) is 59.4 Å². The normalized spacial score (nSPS) is 11.0. The Kier molecular flexibility index (Phi) is 7.24. The van der Waals surface area contributed by atoms with E-state index < -0.39 is 12.1 Å². The zero-order valence-corrected chi connectivity index (χ0v) is 14.9. The summed E-state index contributed by atoms with van der Waals surface area (Å²) < 4.78 is 6.32. The SMILES string of the molecule is CC(Oc1cccc(C#Cc2ccc3ccc(Br)cc3n2)c1)C(=O)O.[NaH]. The van der Waals surface area contributed by atoms with Crippen LogP contribution in [0.4, 0.5) is 0 Å². The van der Waals surface area contributed by atoms with Crippen molar-refractivity contribution in [1.29, 1.82) is 0 Å². The van der Waals surface area contributed by atoms with Crippen molar-refractivity contribution in [2.24, 2.45) is 0 Å². The molecule has 1 aromatic heterocycles. The Labute approximate surface area is 182 Å². The first-order chi connectivity index (χ1) is 12.0. The predicted molar refractivity (Wildman–Crippen MR) is 107 cm³/mol. The molecule has 0 amide bonds. The number of carboxylic acids is 1. The summed E-state index contributed by atoms with van der Waals surface area (Å²) in [7, 11) is 0. The molecule has 2 aromatic carbocycles. The fourth-order valence-corrected chi connectivity index (χ4v) is 2.55. The number of nitrogens with zero attached hydrogens (tertiary/aromatic N) is 1. The van der Waals surface area contributed by atoms with Gasteiger partial charge in [-0.05, 0) is 49.2 Å². The van der Waals surface area contributed by atoms with E-state index in [0.29, 0.717) is 11.4 Å². The number of hydrogen-bond donors (Lipinski definition) is 1. The third kappa shape index (κ3) is 5.33.